The van der Waals surface area contributed by atoms with Gasteiger partial charge in [0.1, 0.15) is 18.1 Å². The Morgan fingerprint density at radius 1 is 0.763 bits per heavy atom. The first kappa shape index (κ1) is 32.0. The third-order valence-corrected chi connectivity index (χ3v) is 5.55. The minimum atomic E-state index is -1.54. The van der Waals surface area contributed by atoms with E-state index in [9.17, 15) is 33.9 Å². The SMILES string of the molecule is NCCCCC(NC(=O)C(CC(N)=O)NC(=O)C(CCC(N)=O)NC(=O)C(N)Cc1ccccc1)C(=O)O. The molecule has 1 aromatic rings. The van der Waals surface area contributed by atoms with Gasteiger partial charge in [-0.25, -0.2) is 4.79 Å². The molecule has 210 valence electrons. The van der Waals surface area contributed by atoms with Crippen LogP contribution in [0.4, 0.5) is 0 Å². The number of hydrogen-bond donors (Lipinski definition) is 8. The van der Waals surface area contributed by atoms with E-state index in [2.05, 4.69) is 16.0 Å². The molecule has 0 spiro atoms. The lowest BCUT2D eigenvalue weighted by Gasteiger charge is -2.24. The van der Waals surface area contributed by atoms with E-state index in [1.807, 2.05) is 0 Å². The number of benzene rings is 1. The maximum absolute atomic E-state index is 13.0. The zero-order chi connectivity index (χ0) is 28.7. The number of nitrogens with two attached hydrogens (primary N) is 4. The van der Waals surface area contributed by atoms with Crippen LogP contribution in [0.1, 0.15) is 44.1 Å². The number of aliphatic carboxylic acids is 1. The van der Waals surface area contributed by atoms with Gasteiger partial charge in [0.25, 0.3) is 0 Å². The Labute approximate surface area is 220 Å². The summed E-state index contributed by atoms with van der Waals surface area (Å²) < 4.78 is 0. The van der Waals surface area contributed by atoms with Gasteiger partial charge in [0.15, 0.2) is 0 Å². The summed E-state index contributed by atoms with van der Waals surface area (Å²) in [7, 11) is 0. The van der Waals surface area contributed by atoms with Crippen LogP contribution in [-0.2, 0) is 35.2 Å². The Morgan fingerprint density at radius 2 is 1.34 bits per heavy atom. The molecule has 0 heterocycles. The van der Waals surface area contributed by atoms with Crippen LogP contribution in [-0.4, -0.2) is 71.3 Å². The molecule has 1 rings (SSSR count). The number of unbranched alkanes of at least 4 members (excludes halogenated alkanes) is 1. The maximum atomic E-state index is 13.0. The molecule has 0 aliphatic heterocycles. The van der Waals surface area contributed by atoms with Crippen LogP contribution in [0, 0.1) is 0 Å². The summed E-state index contributed by atoms with van der Waals surface area (Å²) >= 11 is 0. The zero-order valence-electron chi connectivity index (χ0n) is 21.1. The van der Waals surface area contributed by atoms with Crippen molar-refractivity contribution in [3.63, 3.8) is 0 Å². The molecule has 12 N–H and O–H groups in total. The average Bonchev–Trinajstić information content (AvgIpc) is 2.85. The molecule has 1 aromatic carbocycles. The Hall–Kier alpha value is -4.04. The molecule has 0 fully saturated rings. The number of rotatable bonds is 18. The molecular formula is C24H37N7O7. The van der Waals surface area contributed by atoms with E-state index in [0.29, 0.717) is 19.4 Å². The van der Waals surface area contributed by atoms with E-state index in [4.69, 9.17) is 22.9 Å². The first-order valence-corrected chi connectivity index (χ1v) is 12.1. The van der Waals surface area contributed by atoms with Crippen molar-refractivity contribution in [2.24, 2.45) is 22.9 Å². The first-order chi connectivity index (χ1) is 17.9. The second-order valence-electron chi connectivity index (χ2n) is 8.78. The standard InChI is InChI=1S/C24H37N7O7/c25-11-5-4-8-17(24(37)38)30-23(36)18(13-20(28)33)31-22(35)16(9-10-19(27)32)29-21(34)15(26)12-14-6-2-1-3-7-14/h1-3,6-7,15-18H,4-5,8-13,25-26H2,(H2,27,32)(H2,28,33)(H,29,34)(H,30,36)(H,31,35)(H,37,38). The number of amides is 5. The molecule has 5 amide bonds. The number of carbonyl (C=O) groups is 6. The highest BCUT2D eigenvalue weighted by Gasteiger charge is 2.31. The summed E-state index contributed by atoms with van der Waals surface area (Å²) in [6, 6.07) is 3.72. The van der Waals surface area contributed by atoms with Crippen molar-refractivity contribution in [2.75, 3.05) is 6.54 Å². The van der Waals surface area contributed by atoms with Crippen molar-refractivity contribution in [1.29, 1.82) is 0 Å². The molecule has 4 atom stereocenters. The number of nitrogens with one attached hydrogen (secondary N) is 3. The van der Waals surface area contributed by atoms with Gasteiger partial charge in [0, 0.05) is 6.42 Å². The van der Waals surface area contributed by atoms with Gasteiger partial charge in [-0.3, -0.25) is 24.0 Å². The van der Waals surface area contributed by atoms with Crippen molar-refractivity contribution in [3.8, 4) is 0 Å². The Balaban J connectivity index is 2.98. The topological polar surface area (TPSA) is 263 Å². The Morgan fingerprint density at radius 3 is 1.89 bits per heavy atom. The minimum absolute atomic E-state index is 0.0755. The fourth-order valence-corrected chi connectivity index (χ4v) is 3.50. The predicted molar refractivity (Wildman–Crippen MR) is 137 cm³/mol. The zero-order valence-corrected chi connectivity index (χ0v) is 21.1. The van der Waals surface area contributed by atoms with Crippen LogP contribution in [0.3, 0.4) is 0 Å². The molecule has 0 radical (unpaired) electrons. The maximum Gasteiger partial charge on any atom is 0.326 e. The molecule has 38 heavy (non-hydrogen) atoms. The summed E-state index contributed by atoms with van der Waals surface area (Å²) in [6.07, 6.45) is 0.0703. The van der Waals surface area contributed by atoms with Crippen LogP contribution < -0.4 is 38.9 Å². The van der Waals surface area contributed by atoms with E-state index in [-0.39, 0.29) is 25.7 Å². The lowest BCUT2D eigenvalue weighted by Crippen LogP contribution is -2.58. The second-order valence-corrected chi connectivity index (χ2v) is 8.78. The highest BCUT2D eigenvalue weighted by molar-refractivity contribution is 5.96. The molecule has 0 bridgehead atoms. The van der Waals surface area contributed by atoms with Gasteiger partial charge < -0.3 is 44.0 Å². The monoisotopic (exact) mass is 535 g/mol. The van der Waals surface area contributed by atoms with Crippen LogP contribution in [0.15, 0.2) is 30.3 Å². The van der Waals surface area contributed by atoms with Gasteiger partial charge in [-0.15, -0.1) is 0 Å². The summed E-state index contributed by atoms with van der Waals surface area (Å²) in [5.41, 5.74) is 22.6. The van der Waals surface area contributed by atoms with Crippen molar-refractivity contribution >= 4 is 35.5 Å². The van der Waals surface area contributed by atoms with Gasteiger partial charge >= 0.3 is 5.97 Å². The van der Waals surface area contributed by atoms with E-state index in [0.717, 1.165) is 5.56 Å². The molecular weight excluding hydrogens is 498 g/mol. The lowest BCUT2D eigenvalue weighted by atomic mass is 10.0. The first-order valence-electron chi connectivity index (χ1n) is 12.1. The lowest BCUT2D eigenvalue weighted by molar-refractivity contribution is -0.142. The van der Waals surface area contributed by atoms with E-state index >= 15 is 0 Å². The van der Waals surface area contributed by atoms with Crippen molar-refractivity contribution in [3.05, 3.63) is 35.9 Å². The van der Waals surface area contributed by atoms with Crippen LogP contribution in [0.5, 0.6) is 0 Å². The fourth-order valence-electron chi connectivity index (χ4n) is 3.50. The molecule has 0 aromatic heterocycles. The van der Waals surface area contributed by atoms with Crippen molar-refractivity contribution in [2.45, 2.75) is 69.1 Å². The van der Waals surface area contributed by atoms with Crippen LogP contribution >= 0.6 is 0 Å². The largest absolute Gasteiger partial charge is 0.480 e. The quantitative estimate of drug-likeness (QED) is 0.0912. The van der Waals surface area contributed by atoms with Gasteiger partial charge in [-0.2, -0.15) is 0 Å². The number of carbonyl (C=O) groups excluding carboxylic acids is 5. The molecule has 14 heteroatoms. The molecule has 0 saturated heterocycles. The average molecular weight is 536 g/mol. The van der Waals surface area contributed by atoms with E-state index in [1.165, 1.54) is 0 Å². The highest BCUT2D eigenvalue weighted by Crippen LogP contribution is 2.06. The fraction of sp³-hybridized carbons (Fsp3) is 0.500. The molecule has 0 aliphatic rings. The van der Waals surface area contributed by atoms with Crippen molar-refractivity contribution < 1.29 is 33.9 Å². The number of hydrogen-bond acceptors (Lipinski definition) is 8. The van der Waals surface area contributed by atoms with E-state index < -0.39 is 66.1 Å². The van der Waals surface area contributed by atoms with Gasteiger partial charge in [-0.05, 0) is 44.2 Å². The summed E-state index contributed by atoms with van der Waals surface area (Å²) in [5, 5.41) is 16.4. The summed E-state index contributed by atoms with van der Waals surface area (Å²) in [4.78, 5) is 72.9. The number of carboxylic acids is 1. The summed E-state index contributed by atoms with van der Waals surface area (Å²) in [5.74, 6) is -5.55. The van der Waals surface area contributed by atoms with E-state index in [1.54, 1.807) is 30.3 Å². The van der Waals surface area contributed by atoms with Gasteiger partial charge in [0.05, 0.1) is 12.5 Å². The van der Waals surface area contributed by atoms with Crippen LogP contribution in [0.25, 0.3) is 0 Å². The second kappa shape index (κ2) is 16.7. The highest BCUT2D eigenvalue weighted by atomic mass is 16.4. The Kier molecular flexibility index (Phi) is 14.0. The summed E-state index contributed by atoms with van der Waals surface area (Å²) in [6.45, 7) is 0.341. The Bertz CT molecular complexity index is 974. The number of primary amides is 2. The number of carboxylic acid groups (broad SMARTS) is 1. The minimum Gasteiger partial charge on any atom is -0.480 e. The smallest absolute Gasteiger partial charge is 0.326 e. The molecule has 0 aliphatic carbocycles. The third kappa shape index (κ3) is 12.3. The van der Waals surface area contributed by atoms with Crippen LogP contribution in [0.2, 0.25) is 0 Å². The normalized spacial score (nSPS) is 13.8. The molecule has 14 nitrogen and oxygen atoms in total. The molecule has 4 unspecified atom stereocenters. The third-order valence-electron chi connectivity index (χ3n) is 5.55. The van der Waals surface area contributed by atoms with Gasteiger partial charge in [0.2, 0.25) is 29.5 Å². The van der Waals surface area contributed by atoms with Gasteiger partial charge in [-0.1, -0.05) is 30.3 Å². The molecule has 0 saturated carbocycles. The predicted octanol–water partition coefficient (Wildman–Crippen LogP) is -2.63. The van der Waals surface area contributed by atoms with Crippen molar-refractivity contribution in [1.82, 2.24) is 16.0 Å².